The number of carbonyl (C=O) groups is 2. The van der Waals surface area contributed by atoms with Crippen LogP contribution in [0.15, 0.2) is 24.3 Å². The average Bonchev–Trinajstić information content (AvgIpc) is 2.82. The van der Waals surface area contributed by atoms with Gasteiger partial charge in [-0.1, -0.05) is 24.3 Å². The second-order valence-corrected chi connectivity index (χ2v) is 4.82. The number of hydrogen-bond acceptors (Lipinski definition) is 3. The first-order valence-electron chi connectivity index (χ1n) is 6.64. The highest BCUT2D eigenvalue weighted by atomic mass is 16.4. The first kappa shape index (κ1) is 14.3. The fraction of sp³-hybridized carbons (Fsp3) is 0.429. The lowest BCUT2D eigenvalue weighted by Gasteiger charge is -2.17. The lowest BCUT2D eigenvalue weighted by molar-refractivity contribution is -0.139. The maximum absolute atomic E-state index is 11.8. The molecule has 0 aromatic heterocycles. The van der Waals surface area contributed by atoms with Gasteiger partial charge in [-0.15, -0.1) is 0 Å². The normalized spacial score (nSPS) is 18.1. The average molecular weight is 277 g/mol. The third kappa shape index (κ3) is 3.27. The third-order valence-corrected chi connectivity index (χ3v) is 3.55. The van der Waals surface area contributed by atoms with E-state index in [9.17, 15) is 9.59 Å². The number of carboxylic acids is 1. The highest BCUT2D eigenvalue weighted by Crippen LogP contribution is 2.30. The molecule has 6 nitrogen and oxygen atoms in total. The summed E-state index contributed by atoms with van der Waals surface area (Å²) in [6.45, 7) is 0.0477. The molecular formula is C14H19N3O3. The topological polar surface area (TPSA) is 90.5 Å². The van der Waals surface area contributed by atoms with Crippen molar-refractivity contribution in [3.05, 3.63) is 35.4 Å². The minimum atomic E-state index is -0.987. The highest BCUT2D eigenvalue weighted by Gasteiger charge is 2.23. The van der Waals surface area contributed by atoms with E-state index < -0.39 is 12.0 Å². The molecule has 2 unspecified atom stereocenters. The van der Waals surface area contributed by atoms with Crippen molar-refractivity contribution in [3.8, 4) is 0 Å². The SMILES string of the molecule is CNC(CNC(=O)NC1CCc2ccccc21)C(=O)O. The molecule has 0 bridgehead atoms. The van der Waals surface area contributed by atoms with E-state index in [0.29, 0.717) is 0 Å². The third-order valence-electron chi connectivity index (χ3n) is 3.55. The van der Waals surface area contributed by atoms with Crippen LogP contribution in [-0.2, 0) is 11.2 Å². The fourth-order valence-corrected chi connectivity index (χ4v) is 2.42. The number of urea groups is 1. The number of likely N-dealkylation sites (N-methyl/N-ethyl adjacent to an activating group) is 1. The summed E-state index contributed by atoms with van der Waals surface area (Å²) in [5, 5.41) is 17.0. The van der Waals surface area contributed by atoms with Crippen LogP contribution in [0.5, 0.6) is 0 Å². The van der Waals surface area contributed by atoms with E-state index in [0.717, 1.165) is 18.4 Å². The molecule has 0 saturated heterocycles. The van der Waals surface area contributed by atoms with Gasteiger partial charge in [0.15, 0.2) is 0 Å². The highest BCUT2D eigenvalue weighted by molar-refractivity contribution is 5.77. The van der Waals surface area contributed by atoms with Gasteiger partial charge in [0.2, 0.25) is 0 Å². The van der Waals surface area contributed by atoms with Crippen molar-refractivity contribution in [2.45, 2.75) is 24.9 Å². The Balaban J connectivity index is 1.86. The maximum Gasteiger partial charge on any atom is 0.322 e. The van der Waals surface area contributed by atoms with Gasteiger partial charge in [0.25, 0.3) is 0 Å². The van der Waals surface area contributed by atoms with Crippen molar-refractivity contribution in [2.75, 3.05) is 13.6 Å². The number of hydrogen-bond donors (Lipinski definition) is 4. The van der Waals surface area contributed by atoms with Crippen molar-refractivity contribution >= 4 is 12.0 Å². The van der Waals surface area contributed by atoms with Gasteiger partial charge in [-0.3, -0.25) is 4.79 Å². The molecule has 2 atom stereocenters. The predicted octanol–water partition coefficient (Wildman–Crippen LogP) is 0.646. The molecule has 0 fully saturated rings. The summed E-state index contributed by atoms with van der Waals surface area (Å²) in [6, 6.07) is 6.91. The van der Waals surface area contributed by atoms with Gasteiger partial charge in [0, 0.05) is 6.54 Å². The van der Waals surface area contributed by atoms with Crippen LogP contribution in [0, 0.1) is 0 Å². The van der Waals surface area contributed by atoms with E-state index in [1.54, 1.807) is 7.05 Å². The monoisotopic (exact) mass is 277 g/mol. The van der Waals surface area contributed by atoms with E-state index in [2.05, 4.69) is 22.0 Å². The number of fused-ring (bicyclic) bond motifs is 1. The molecule has 1 aliphatic carbocycles. The van der Waals surface area contributed by atoms with E-state index in [4.69, 9.17) is 5.11 Å². The molecule has 1 aromatic carbocycles. The van der Waals surface area contributed by atoms with Gasteiger partial charge in [-0.2, -0.15) is 0 Å². The lowest BCUT2D eigenvalue weighted by Crippen LogP contribution is -2.47. The Kier molecular flexibility index (Phi) is 4.57. The van der Waals surface area contributed by atoms with Crippen LogP contribution in [0.2, 0.25) is 0 Å². The Labute approximate surface area is 117 Å². The van der Waals surface area contributed by atoms with Gasteiger partial charge in [0.1, 0.15) is 6.04 Å². The Bertz CT molecular complexity index is 504. The Morgan fingerprint density at radius 3 is 2.85 bits per heavy atom. The smallest absolute Gasteiger partial charge is 0.322 e. The molecule has 0 heterocycles. The summed E-state index contributed by atoms with van der Waals surface area (Å²) in [5.41, 5.74) is 2.41. The summed E-state index contributed by atoms with van der Waals surface area (Å²) >= 11 is 0. The zero-order valence-corrected chi connectivity index (χ0v) is 11.3. The molecule has 20 heavy (non-hydrogen) atoms. The van der Waals surface area contributed by atoms with Gasteiger partial charge in [0.05, 0.1) is 6.04 Å². The molecule has 108 valence electrons. The van der Waals surface area contributed by atoms with Crippen molar-refractivity contribution < 1.29 is 14.7 Å². The van der Waals surface area contributed by atoms with Crippen LogP contribution >= 0.6 is 0 Å². The summed E-state index contributed by atoms with van der Waals surface area (Å²) in [5.74, 6) is -0.987. The fourth-order valence-electron chi connectivity index (χ4n) is 2.42. The van der Waals surface area contributed by atoms with E-state index in [1.165, 1.54) is 5.56 Å². The van der Waals surface area contributed by atoms with Crippen molar-refractivity contribution in [2.24, 2.45) is 0 Å². The van der Waals surface area contributed by atoms with Crippen LogP contribution in [0.4, 0.5) is 4.79 Å². The molecule has 2 rings (SSSR count). The van der Waals surface area contributed by atoms with Gasteiger partial charge in [-0.25, -0.2) is 4.79 Å². The molecular weight excluding hydrogens is 258 g/mol. The lowest BCUT2D eigenvalue weighted by atomic mass is 10.1. The second kappa shape index (κ2) is 6.38. The number of amides is 2. The summed E-state index contributed by atoms with van der Waals surface area (Å²) in [6.07, 6.45) is 1.83. The summed E-state index contributed by atoms with van der Waals surface area (Å²) in [4.78, 5) is 22.6. The molecule has 0 saturated carbocycles. The summed E-state index contributed by atoms with van der Waals surface area (Å²) in [7, 11) is 1.55. The van der Waals surface area contributed by atoms with Crippen LogP contribution in [0.25, 0.3) is 0 Å². The van der Waals surface area contributed by atoms with Crippen LogP contribution in [-0.4, -0.2) is 36.7 Å². The van der Waals surface area contributed by atoms with E-state index in [-0.39, 0.29) is 18.6 Å². The molecule has 0 spiro atoms. The predicted molar refractivity (Wildman–Crippen MR) is 74.5 cm³/mol. The molecule has 2 amide bonds. The zero-order chi connectivity index (χ0) is 14.5. The quantitative estimate of drug-likeness (QED) is 0.636. The number of rotatable bonds is 5. The minimum absolute atomic E-state index is 0.00376. The number of nitrogens with one attached hydrogen (secondary N) is 3. The van der Waals surface area contributed by atoms with Crippen molar-refractivity contribution in [3.63, 3.8) is 0 Å². The molecule has 1 aliphatic rings. The number of aryl methyl sites for hydroxylation is 1. The largest absolute Gasteiger partial charge is 0.480 e. The van der Waals surface area contributed by atoms with E-state index >= 15 is 0 Å². The van der Waals surface area contributed by atoms with Gasteiger partial charge >= 0.3 is 12.0 Å². The van der Waals surface area contributed by atoms with Gasteiger partial charge in [-0.05, 0) is 31.0 Å². The Morgan fingerprint density at radius 1 is 1.40 bits per heavy atom. The van der Waals surface area contributed by atoms with Crippen LogP contribution in [0.3, 0.4) is 0 Å². The minimum Gasteiger partial charge on any atom is -0.480 e. The summed E-state index contributed by atoms with van der Waals surface area (Å²) < 4.78 is 0. The van der Waals surface area contributed by atoms with Crippen molar-refractivity contribution in [1.82, 2.24) is 16.0 Å². The van der Waals surface area contributed by atoms with Gasteiger partial charge < -0.3 is 21.1 Å². The molecule has 0 radical (unpaired) electrons. The first-order valence-corrected chi connectivity index (χ1v) is 6.64. The number of benzene rings is 1. The van der Waals surface area contributed by atoms with Crippen LogP contribution in [0.1, 0.15) is 23.6 Å². The first-order chi connectivity index (χ1) is 9.61. The Hall–Kier alpha value is -2.08. The standard InChI is InChI=1S/C14H19N3O3/c1-15-12(13(18)19)8-16-14(20)17-11-7-6-9-4-2-3-5-10(9)11/h2-5,11-12,15H,6-8H2,1H3,(H,18,19)(H2,16,17,20). The molecule has 6 heteroatoms. The van der Waals surface area contributed by atoms with Crippen molar-refractivity contribution in [1.29, 1.82) is 0 Å². The maximum atomic E-state index is 11.8. The van der Waals surface area contributed by atoms with E-state index in [1.807, 2.05) is 18.2 Å². The molecule has 4 N–H and O–H groups in total. The van der Waals surface area contributed by atoms with Crippen LogP contribution < -0.4 is 16.0 Å². The number of carboxylic acid groups (broad SMARTS) is 1. The second-order valence-electron chi connectivity index (χ2n) is 4.82. The Morgan fingerprint density at radius 2 is 2.15 bits per heavy atom. The molecule has 1 aromatic rings. The zero-order valence-electron chi connectivity index (χ0n) is 11.3. The number of aliphatic carboxylic acids is 1. The molecule has 0 aliphatic heterocycles. The number of carbonyl (C=O) groups excluding carboxylic acids is 1.